The van der Waals surface area contributed by atoms with E-state index in [1.165, 1.54) is 30.6 Å². The van der Waals surface area contributed by atoms with Crippen LogP contribution in [0.1, 0.15) is 65.8 Å². The molecule has 6 aromatic rings. The van der Waals surface area contributed by atoms with Crippen molar-refractivity contribution in [3.63, 3.8) is 0 Å². The summed E-state index contributed by atoms with van der Waals surface area (Å²) < 4.78 is 2.40. The van der Waals surface area contributed by atoms with Crippen LogP contribution in [0.4, 0.5) is 0 Å². The third-order valence-electron chi connectivity index (χ3n) is 8.21. The molecule has 0 unspecified atom stereocenters. The van der Waals surface area contributed by atoms with Gasteiger partial charge in [0, 0.05) is 46.1 Å². The number of H-pyrrole nitrogens is 1. The van der Waals surface area contributed by atoms with Crippen LogP contribution >= 0.6 is 11.3 Å². The monoisotopic (exact) mass is 561 g/mol. The number of aromatic amines is 1. The summed E-state index contributed by atoms with van der Waals surface area (Å²) in [6.45, 7) is 0. The van der Waals surface area contributed by atoms with E-state index in [0.717, 1.165) is 57.4 Å². The van der Waals surface area contributed by atoms with Gasteiger partial charge in [-0.2, -0.15) is 0 Å². The molecule has 1 aliphatic carbocycles. The van der Waals surface area contributed by atoms with E-state index in [-0.39, 0.29) is 17.7 Å². The number of imidazole rings is 1. The van der Waals surface area contributed by atoms with Gasteiger partial charge in [-0.05, 0) is 54.8 Å². The second-order valence-corrected chi connectivity index (χ2v) is 11.6. The number of nitrogens with zero attached hydrogens (tertiary/aromatic N) is 3. The fraction of sp³-hybridized carbons (Fsp3) is 0.242. The van der Waals surface area contributed by atoms with E-state index in [0.29, 0.717) is 18.0 Å². The Bertz CT molecular complexity index is 1820. The van der Waals surface area contributed by atoms with Crippen molar-refractivity contribution in [2.75, 3.05) is 0 Å². The first-order valence-corrected chi connectivity index (χ1v) is 15.1. The molecule has 3 N–H and O–H groups in total. The van der Waals surface area contributed by atoms with Gasteiger partial charge in [-0.15, -0.1) is 11.3 Å². The summed E-state index contributed by atoms with van der Waals surface area (Å²) in [6.07, 6.45) is 8.51. The van der Waals surface area contributed by atoms with Crippen molar-refractivity contribution in [3.8, 4) is 17.1 Å². The molecule has 0 saturated heterocycles. The van der Waals surface area contributed by atoms with Crippen LogP contribution in [0.15, 0.2) is 83.8 Å². The van der Waals surface area contributed by atoms with Crippen LogP contribution in [-0.2, 0) is 6.42 Å². The van der Waals surface area contributed by atoms with Gasteiger partial charge in [0.1, 0.15) is 11.6 Å². The van der Waals surface area contributed by atoms with Gasteiger partial charge in [0.05, 0.1) is 28.3 Å². The van der Waals surface area contributed by atoms with Crippen LogP contribution < -0.4 is 5.32 Å². The van der Waals surface area contributed by atoms with E-state index in [1.54, 1.807) is 17.6 Å². The highest BCUT2D eigenvalue weighted by atomic mass is 32.1. The molecule has 206 valence electrons. The standard InChI is InChI=1S/C33H31N5O2S/c39-25-12-13-27-26(17-25)23(18-34-27)16-28(30-19-41-20-35-30)37-33(40)22-11-14-31-29(15-22)36-32(21-7-3-1-4-8-21)38(31)24-9-5-2-6-10-24/h1,3-4,7-8,11-15,17-20,24,28,34,39H,2,5-6,9-10,16H2,(H,37,40)/t28-/m0/s1. The summed E-state index contributed by atoms with van der Waals surface area (Å²) in [4.78, 5) is 26.6. The SMILES string of the molecule is O=C(N[C@@H](Cc1c[nH]c2ccc(O)cc12)c1cscn1)c1ccc2c(c1)nc(-c1ccccc1)n2C1CCCCC1. The highest BCUT2D eigenvalue weighted by Crippen LogP contribution is 2.36. The number of aromatic nitrogens is 4. The molecule has 1 amide bonds. The predicted octanol–water partition coefficient (Wildman–Crippen LogP) is 7.57. The summed E-state index contributed by atoms with van der Waals surface area (Å²) in [5.74, 6) is 1.01. The van der Waals surface area contributed by atoms with Crippen LogP contribution in [0.3, 0.4) is 0 Å². The first kappa shape index (κ1) is 25.5. The maximum absolute atomic E-state index is 13.7. The van der Waals surface area contributed by atoms with Crippen molar-refractivity contribution < 1.29 is 9.90 Å². The van der Waals surface area contributed by atoms with Crippen molar-refractivity contribution in [2.24, 2.45) is 0 Å². The van der Waals surface area contributed by atoms with Crippen LogP contribution in [-0.4, -0.2) is 30.5 Å². The Morgan fingerprint density at radius 3 is 2.73 bits per heavy atom. The topological polar surface area (TPSA) is 95.8 Å². The number of thiazole rings is 1. The molecule has 0 radical (unpaired) electrons. The number of benzene rings is 3. The molecule has 1 atom stereocenters. The van der Waals surface area contributed by atoms with E-state index in [9.17, 15) is 9.90 Å². The smallest absolute Gasteiger partial charge is 0.251 e. The van der Waals surface area contributed by atoms with Gasteiger partial charge in [0.15, 0.2) is 0 Å². The number of rotatable bonds is 7. The lowest BCUT2D eigenvalue weighted by atomic mass is 9.95. The summed E-state index contributed by atoms with van der Waals surface area (Å²) in [6, 6.07) is 21.6. The number of carbonyl (C=O) groups excluding carboxylic acids is 1. The molecule has 1 saturated carbocycles. The molecule has 0 aliphatic heterocycles. The molecule has 0 bridgehead atoms. The third kappa shape index (κ3) is 5.00. The zero-order valence-electron chi connectivity index (χ0n) is 22.6. The molecule has 1 aliphatic rings. The van der Waals surface area contributed by atoms with Crippen molar-refractivity contribution in [1.29, 1.82) is 0 Å². The maximum atomic E-state index is 13.7. The Kier molecular flexibility index (Phi) is 6.76. The fourth-order valence-electron chi connectivity index (χ4n) is 6.16. The Labute approximate surface area is 241 Å². The predicted molar refractivity (Wildman–Crippen MR) is 163 cm³/mol. The summed E-state index contributed by atoms with van der Waals surface area (Å²) in [5.41, 5.74) is 8.10. The minimum Gasteiger partial charge on any atom is -0.508 e. The quantitative estimate of drug-likeness (QED) is 0.187. The molecule has 7 rings (SSSR count). The summed E-state index contributed by atoms with van der Waals surface area (Å²) in [5, 5.41) is 16.2. The summed E-state index contributed by atoms with van der Waals surface area (Å²) >= 11 is 1.50. The number of phenolic OH excluding ortho intramolecular Hbond substituents is 1. The molecular formula is C33H31N5O2S. The van der Waals surface area contributed by atoms with Gasteiger partial charge >= 0.3 is 0 Å². The number of aromatic hydroxyl groups is 1. The highest BCUT2D eigenvalue weighted by Gasteiger charge is 2.24. The number of nitrogens with one attached hydrogen (secondary N) is 2. The van der Waals surface area contributed by atoms with Gasteiger partial charge in [-0.1, -0.05) is 49.6 Å². The normalized spacial score (nSPS) is 14.9. The van der Waals surface area contributed by atoms with Crippen molar-refractivity contribution in [2.45, 2.75) is 50.6 Å². The van der Waals surface area contributed by atoms with Crippen molar-refractivity contribution in [3.05, 3.63) is 101 Å². The minimum atomic E-state index is -0.328. The largest absolute Gasteiger partial charge is 0.508 e. The average molecular weight is 562 g/mol. The maximum Gasteiger partial charge on any atom is 0.251 e. The fourth-order valence-corrected chi connectivity index (χ4v) is 6.77. The zero-order valence-corrected chi connectivity index (χ0v) is 23.4. The Morgan fingerprint density at radius 1 is 1.07 bits per heavy atom. The first-order chi connectivity index (χ1) is 20.1. The number of phenols is 1. The summed E-state index contributed by atoms with van der Waals surface area (Å²) in [7, 11) is 0. The van der Waals surface area contributed by atoms with Crippen LogP contribution in [0.2, 0.25) is 0 Å². The third-order valence-corrected chi connectivity index (χ3v) is 8.82. The van der Waals surface area contributed by atoms with Gasteiger partial charge in [-0.25, -0.2) is 9.97 Å². The highest BCUT2D eigenvalue weighted by molar-refractivity contribution is 7.07. The lowest BCUT2D eigenvalue weighted by Gasteiger charge is -2.25. The van der Waals surface area contributed by atoms with E-state index in [2.05, 4.69) is 38.1 Å². The van der Waals surface area contributed by atoms with E-state index >= 15 is 0 Å². The number of hydrogen-bond acceptors (Lipinski definition) is 5. The van der Waals surface area contributed by atoms with Gasteiger partial charge in [0.2, 0.25) is 0 Å². The van der Waals surface area contributed by atoms with E-state index < -0.39 is 0 Å². The number of carbonyl (C=O) groups is 1. The van der Waals surface area contributed by atoms with Crippen LogP contribution in [0.5, 0.6) is 5.75 Å². The molecule has 3 aromatic carbocycles. The molecule has 3 aromatic heterocycles. The Balaban J connectivity index is 1.22. The van der Waals surface area contributed by atoms with Crippen LogP contribution in [0, 0.1) is 0 Å². The second-order valence-electron chi connectivity index (χ2n) is 10.9. The van der Waals surface area contributed by atoms with Gasteiger partial charge < -0.3 is 20.0 Å². The molecule has 0 spiro atoms. The lowest BCUT2D eigenvalue weighted by molar-refractivity contribution is 0.0936. The lowest BCUT2D eigenvalue weighted by Crippen LogP contribution is -2.30. The molecule has 1 fully saturated rings. The number of hydrogen-bond donors (Lipinski definition) is 3. The molecule has 7 nitrogen and oxygen atoms in total. The zero-order chi connectivity index (χ0) is 27.8. The Hall–Kier alpha value is -4.43. The van der Waals surface area contributed by atoms with Gasteiger partial charge in [-0.3, -0.25) is 4.79 Å². The van der Waals surface area contributed by atoms with Crippen molar-refractivity contribution >= 4 is 39.2 Å². The van der Waals surface area contributed by atoms with E-state index in [1.807, 2.05) is 48.0 Å². The second kappa shape index (κ2) is 10.9. The number of amides is 1. The van der Waals surface area contributed by atoms with E-state index in [4.69, 9.17) is 4.98 Å². The Morgan fingerprint density at radius 2 is 1.93 bits per heavy atom. The molecule has 8 heteroatoms. The number of fused-ring (bicyclic) bond motifs is 2. The minimum absolute atomic E-state index is 0.166. The van der Waals surface area contributed by atoms with Gasteiger partial charge in [0.25, 0.3) is 5.91 Å². The van der Waals surface area contributed by atoms with Crippen molar-refractivity contribution in [1.82, 2.24) is 24.8 Å². The average Bonchev–Trinajstić information content (AvgIpc) is 3.76. The molecule has 41 heavy (non-hydrogen) atoms. The molecule has 3 heterocycles. The van der Waals surface area contributed by atoms with Crippen LogP contribution in [0.25, 0.3) is 33.3 Å². The molecular weight excluding hydrogens is 530 g/mol. The first-order valence-electron chi connectivity index (χ1n) is 14.2.